The molecular weight excluding hydrogens is 210 g/mol. The van der Waals surface area contributed by atoms with Gasteiger partial charge in [0, 0.05) is 6.61 Å². The third-order valence-corrected chi connectivity index (χ3v) is 2.66. The Bertz CT molecular complexity index is 205. The van der Waals surface area contributed by atoms with Gasteiger partial charge in [-0.2, -0.15) is 5.26 Å². The molecule has 0 aromatic rings. The molecule has 98 valence electrons. The molecule has 17 heavy (non-hydrogen) atoms. The molecule has 0 saturated heterocycles. The molecule has 0 heterocycles. The molecular formula is C15H27NO. The maximum Gasteiger partial charge on any atom is 0.0645 e. The largest absolute Gasteiger partial charge is 0.380 e. The second-order valence-corrected chi connectivity index (χ2v) is 4.34. The minimum Gasteiger partial charge on any atom is -0.380 e. The first-order valence-electron chi connectivity index (χ1n) is 7.01. The summed E-state index contributed by atoms with van der Waals surface area (Å²) < 4.78 is 5.30. The molecule has 0 radical (unpaired) electrons. The van der Waals surface area contributed by atoms with Crippen LogP contribution in [0.5, 0.6) is 0 Å². The average molecular weight is 237 g/mol. The number of allylic oxidation sites excluding steroid dienone is 2. The van der Waals surface area contributed by atoms with Crippen LogP contribution in [-0.4, -0.2) is 13.2 Å². The van der Waals surface area contributed by atoms with Gasteiger partial charge >= 0.3 is 0 Å². The standard InChI is InChI=1S/C15H27NO/c1-2-3-4-5-6-7-8-9-10-11-14-17-15-12-13-16/h7-8H,2-6,9-12,14-15H2,1H3/b8-7+. The van der Waals surface area contributed by atoms with Crippen LogP contribution in [0.2, 0.25) is 0 Å². The van der Waals surface area contributed by atoms with E-state index < -0.39 is 0 Å². The predicted octanol–water partition coefficient (Wildman–Crippen LogP) is 4.61. The van der Waals surface area contributed by atoms with Gasteiger partial charge in [-0.15, -0.1) is 0 Å². The van der Waals surface area contributed by atoms with Crippen LogP contribution in [0.1, 0.15) is 64.7 Å². The lowest BCUT2D eigenvalue weighted by Crippen LogP contribution is -1.95. The summed E-state index contributed by atoms with van der Waals surface area (Å²) in [7, 11) is 0. The summed E-state index contributed by atoms with van der Waals surface area (Å²) in [5, 5.41) is 8.30. The van der Waals surface area contributed by atoms with Gasteiger partial charge in [0.1, 0.15) is 0 Å². The Morgan fingerprint density at radius 1 is 0.941 bits per heavy atom. The summed E-state index contributed by atoms with van der Waals surface area (Å²) in [6.07, 6.45) is 15.2. The van der Waals surface area contributed by atoms with Gasteiger partial charge in [0.05, 0.1) is 19.1 Å². The van der Waals surface area contributed by atoms with Gasteiger partial charge in [-0.1, -0.05) is 38.3 Å². The molecule has 0 bridgehead atoms. The zero-order valence-corrected chi connectivity index (χ0v) is 11.3. The summed E-state index contributed by atoms with van der Waals surface area (Å²) in [4.78, 5) is 0. The molecule has 0 aliphatic carbocycles. The Kier molecular flexibility index (Phi) is 14.5. The number of nitriles is 1. The Hall–Kier alpha value is -0.810. The van der Waals surface area contributed by atoms with Gasteiger partial charge < -0.3 is 4.74 Å². The second-order valence-electron chi connectivity index (χ2n) is 4.34. The number of rotatable bonds is 12. The third kappa shape index (κ3) is 15.2. The number of unbranched alkanes of at least 4 members (excludes halogenated alkanes) is 6. The zero-order valence-electron chi connectivity index (χ0n) is 11.3. The molecule has 2 nitrogen and oxygen atoms in total. The third-order valence-electron chi connectivity index (χ3n) is 2.66. The van der Waals surface area contributed by atoms with Crippen LogP contribution in [0.3, 0.4) is 0 Å². The number of hydrogen-bond donors (Lipinski definition) is 0. The summed E-state index contributed by atoms with van der Waals surface area (Å²) in [6, 6.07) is 2.07. The molecule has 0 unspecified atom stereocenters. The Balaban J connectivity index is 3.01. The SMILES string of the molecule is CCCCCC/C=C/CCCCOCCC#N. The van der Waals surface area contributed by atoms with Crippen molar-refractivity contribution in [2.45, 2.75) is 64.7 Å². The molecule has 0 fully saturated rings. The normalized spacial score (nSPS) is 10.8. The van der Waals surface area contributed by atoms with Crippen molar-refractivity contribution in [1.29, 1.82) is 5.26 Å². The lowest BCUT2D eigenvalue weighted by Gasteiger charge is -1.99. The van der Waals surface area contributed by atoms with Crippen molar-refractivity contribution in [2.24, 2.45) is 0 Å². The van der Waals surface area contributed by atoms with Crippen LogP contribution >= 0.6 is 0 Å². The molecule has 0 aromatic carbocycles. The topological polar surface area (TPSA) is 33.0 Å². The lowest BCUT2D eigenvalue weighted by molar-refractivity contribution is 0.136. The molecule has 0 spiro atoms. The van der Waals surface area contributed by atoms with Crippen LogP contribution in [-0.2, 0) is 4.74 Å². The maximum absolute atomic E-state index is 8.30. The number of hydrogen-bond acceptors (Lipinski definition) is 2. The second kappa shape index (κ2) is 15.2. The molecule has 0 amide bonds. The predicted molar refractivity (Wildman–Crippen MR) is 72.8 cm³/mol. The summed E-state index contributed by atoms with van der Waals surface area (Å²) in [5.74, 6) is 0. The molecule has 0 aliphatic heterocycles. The quantitative estimate of drug-likeness (QED) is 0.367. The van der Waals surface area contributed by atoms with E-state index in [1.807, 2.05) is 0 Å². The fraction of sp³-hybridized carbons (Fsp3) is 0.800. The van der Waals surface area contributed by atoms with Gasteiger partial charge in [-0.25, -0.2) is 0 Å². The van der Waals surface area contributed by atoms with Crippen molar-refractivity contribution in [3.8, 4) is 6.07 Å². The molecule has 0 aromatic heterocycles. The van der Waals surface area contributed by atoms with Gasteiger partial charge in [0.15, 0.2) is 0 Å². The summed E-state index contributed by atoms with van der Waals surface area (Å²) >= 11 is 0. The molecule has 0 atom stereocenters. The lowest BCUT2D eigenvalue weighted by atomic mass is 10.1. The van der Waals surface area contributed by atoms with E-state index in [9.17, 15) is 0 Å². The zero-order chi connectivity index (χ0) is 12.6. The highest BCUT2D eigenvalue weighted by Gasteiger charge is 1.88. The van der Waals surface area contributed by atoms with E-state index in [1.165, 1.54) is 38.5 Å². The van der Waals surface area contributed by atoms with Gasteiger partial charge in [0.2, 0.25) is 0 Å². The minimum atomic E-state index is 0.512. The number of ether oxygens (including phenoxy) is 1. The highest BCUT2D eigenvalue weighted by Crippen LogP contribution is 2.04. The molecule has 2 heteroatoms. The summed E-state index contributed by atoms with van der Waals surface area (Å²) in [6.45, 7) is 3.63. The smallest absolute Gasteiger partial charge is 0.0645 e. The van der Waals surface area contributed by atoms with E-state index in [-0.39, 0.29) is 0 Å². The van der Waals surface area contributed by atoms with E-state index in [4.69, 9.17) is 10.00 Å². The minimum absolute atomic E-state index is 0.512. The highest BCUT2D eigenvalue weighted by atomic mass is 16.5. The molecule has 0 saturated carbocycles. The van der Waals surface area contributed by atoms with Crippen LogP contribution < -0.4 is 0 Å². The Morgan fingerprint density at radius 2 is 1.65 bits per heavy atom. The first-order valence-corrected chi connectivity index (χ1v) is 7.01. The fourth-order valence-electron chi connectivity index (χ4n) is 1.61. The van der Waals surface area contributed by atoms with Crippen molar-refractivity contribution in [2.75, 3.05) is 13.2 Å². The first kappa shape index (κ1) is 16.2. The van der Waals surface area contributed by atoms with Crippen molar-refractivity contribution in [3.63, 3.8) is 0 Å². The maximum atomic E-state index is 8.30. The highest BCUT2D eigenvalue weighted by molar-refractivity contribution is 4.81. The molecule has 0 aliphatic rings. The van der Waals surface area contributed by atoms with Crippen molar-refractivity contribution >= 4 is 0 Å². The fourth-order valence-corrected chi connectivity index (χ4v) is 1.61. The van der Waals surface area contributed by atoms with Crippen molar-refractivity contribution in [1.82, 2.24) is 0 Å². The monoisotopic (exact) mass is 237 g/mol. The average Bonchev–Trinajstić information content (AvgIpc) is 2.35. The van der Waals surface area contributed by atoms with Gasteiger partial charge in [0.25, 0.3) is 0 Å². The van der Waals surface area contributed by atoms with Gasteiger partial charge in [-0.3, -0.25) is 0 Å². The van der Waals surface area contributed by atoms with Crippen LogP contribution in [0.25, 0.3) is 0 Å². The Morgan fingerprint density at radius 3 is 2.29 bits per heavy atom. The molecule has 0 rings (SSSR count). The molecule has 0 N–H and O–H groups in total. The van der Waals surface area contributed by atoms with Gasteiger partial charge in [-0.05, 0) is 32.1 Å². The van der Waals surface area contributed by atoms with E-state index in [2.05, 4.69) is 25.1 Å². The Labute approximate surface area is 107 Å². The van der Waals surface area contributed by atoms with Crippen LogP contribution in [0, 0.1) is 11.3 Å². The van der Waals surface area contributed by atoms with Crippen LogP contribution in [0.4, 0.5) is 0 Å². The van der Waals surface area contributed by atoms with Crippen molar-refractivity contribution < 1.29 is 4.74 Å². The van der Waals surface area contributed by atoms with Crippen LogP contribution in [0.15, 0.2) is 12.2 Å². The van der Waals surface area contributed by atoms with E-state index in [0.29, 0.717) is 13.0 Å². The van der Waals surface area contributed by atoms with E-state index in [0.717, 1.165) is 19.4 Å². The summed E-state index contributed by atoms with van der Waals surface area (Å²) in [5.41, 5.74) is 0. The van der Waals surface area contributed by atoms with E-state index in [1.54, 1.807) is 0 Å². The van der Waals surface area contributed by atoms with Crippen molar-refractivity contribution in [3.05, 3.63) is 12.2 Å². The van der Waals surface area contributed by atoms with E-state index >= 15 is 0 Å². The first-order chi connectivity index (χ1) is 8.41. The number of nitrogens with zero attached hydrogens (tertiary/aromatic N) is 1.